The van der Waals surface area contributed by atoms with Gasteiger partial charge in [-0.1, -0.05) is 30.3 Å². The maximum absolute atomic E-state index is 13.3. The van der Waals surface area contributed by atoms with Crippen LogP contribution in [-0.4, -0.2) is 44.7 Å². The molecule has 1 aliphatic rings. The summed E-state index contributed by atoms with van der Waals surface area (Å²) in [5.74, 6) is -0.193. The van der Waals surface area contributed by atoms with Gasteiger partial charge >= 0.3 is 0 Å². The van der Waals surface area contributed by atoms with Crippen molar-refractivity contribution in [1.82, 2.24) is 25.4 Å². The highest BCUT2D eigenvalue weighted by Gasteiger charge is 2.32. The van der Waals surface area contributed by atoms with Crippen molar-refractivity contribution in [1.29, 1.82) is 0 Å². The summed E-state index contributed by atoms with van der Waals surface area (Å²) in [6, 6.07) is 12.5. The summed E-state index contributed by atoms with van der Waals surface area (Å²) in [5.41, 5.74) is 7.99. The summed E-state index contributed by atoms with van der Waals surface area (Å²) in [6.45, 7) is 3.74. The van der Waals surface area contributed by atoms with Crippen LogP contribution in [0.4, 0.5) is 11.5 Å². The van der Waals surface area contributed by atoms with Gasteiger partial charge in [-0.05, 0) is 48.2 Å². The molecule has 10 heteroatoms. The zero-order valence-electron chi connectivity index (χ0n) is 20.1. The zero-order valence-corrected chi connectivity index (χ0v) is 20.1. The van der Waals surface area contributed by atoms with E-state index < -0.39 is 12.1 Å². The molecule has 5 rings (SSSR count). The van der Waals surface area contributed by atoms with Gasteiger partial charge in [0.1, 0.15) is 11.8 Å². The molecule has 0 saturated carbocycles. The van der Waals surface area contributed by atoms with Crippen LogP contribution < -0.4 is 16.1 Å². The number of aromatic nitrogens is 3. The second kappa shape index (κ2) is 9.40. The summed E-state index contributed by atoms with van der Waals surface area (Å²) in [4.78, 5) is 34.6. The van der Waals surface area contributed by atoms with Crippen molar-refractivity contribution >= 4 is 28.8 Å². The fourth-order valence-electron chi connectivity index (χ4n) is 4.62. The van der Waals surface area contributed by atoms with Gasteiger partial charge in [-0.15, -0.1) is 0 Å². The lowest BCUT2D eigenvalue weighted by Gasteiger charge is -2.17. The molecule has 184 valence electrons. The van der Waals surface area contributed by atoms with E-state index in [9.17, 15) is 14.7 Å². The van der Waals surface area contributed by atoms with E-state index in [0.29, 0.717) is 40.1 Å². The highest BCUT2D eigenvalue weighted by Crippen LogP contribution is 2.32. The van der Waals surface area contributed by atoms with E-state index in [1.54, 1.807) is 22.8 Å². The maximum Gasteiger partial charge on any atom is 0.274 e. The summed E-state index contributed by atoms with van der Waals surface area (Å²) < 4.78 is 1.59. The number of nitrogens with zero attached hydrogens (tertiary/aromatic N) is 3. The summed E-state index contributed by atoms with van der Waals surface area (Å²) in [7, 11) is 1.37. The third kappa shape index (κ3) is 4.16. The van der Waals surface area contributed by atoms with Crippen LogP contribution in [0.15, 0.2) is 55.0 Å². The quantitative estimate of drug-likeness (QED) is 0.308. The molecule has 0 saturated heterocycles. The fourth-order valence-corrected chi connectivity index (χ4v) is 4.62. The first-order chi connectivity index (χ1) is 17.4. The van der Waals surface area contributed by atoms with E-state index in [1.165, 1.54) is 13.4 Å². The second-order valence-corrected chi connectivity index (χ2v) is 8.78. The maximum atomic E-state index is 13.3. The average molecular weight is 487 g/mol. The lowest BCUT2D eigenvalue weighted by atomic mass is 10.1. The van der Waals surface area contributed by atoms with Crippen LogP contribution >= 0.6 is 0 Å². The number of carbonyl (C=O) groups excluding carboxylic acids is 2. The Hall–Kier alpha value is -4.28. The molecule has 0 radical (unpaired) electrons. The Morgan fingerprint density at radius 2 is 1.94 bits per heavy atom. The molecule has 4 aromatic rings. The van der Waals surface area contributed by atoms with E-state index in [0.717, 1.165) is 16.7 Å². The Morgan fingerprint density at radius 3 is 2.75 bits per heavy atom. The molecule has 2 amide bonds. The number of hydroxylamine groups is 1. The predicted molar refractivity (Wildman–Crippen MR) is 133 cm³/mol. The van der Waals surface area contributed by atoms with Gasteiger partial charge in [0, 0.05) is 23.9 Å². The monoisotopic (exact) mass is 486 g/mol. The van der Waals surface area contributed by atoms with Crippen molar-refractivity contribution in [3.05, 3.63) is 88.4 Å². The van der Waals surface area contributed by atoms with Crippen LogP contribution in [-0.2, 0) is 11.3 Å². The number of anilines is 2. The van der Waals surface area contributed by atoms with Crippen molar-refractivity contribution in [2.24, 2.45) is 0 Å². The first kappa shape index (κ1) is 23.5. The number of aliphatic hydroxyl groups is 1. The standard InChI is InChI=1S/C26H26N6O4/c1-14-8-9-17(25(34)31-36-3)10-20(14)29-24-23-15(2)19(12-32(23)28-13-27-24)26(35)30-22-18-7-5-4-6-16(18)11-21(22)33/h4-10,12-13,21-22,33H,11H2,1-3H3,(H,30,35)(H,31,34)(H,27,28,29)/t21-,22+/m1/s1. The average Bonchev–Trinajstić information content (AvgIpc) is 3.37. The van der Waals surface area contributed by atoms with Crippen molar-refractivity contribution in [2.75, 3.05) is 12.4 Å². The number of benzene rings is 2. The van der Waals surface area contributed by atoms with E-state index in [2.05, 4.69) is 26.2 Å². The Morgan fingerprint density at radius 1 is 1.14 bits per heavy atom. The molecule has 0 aliphatic heterocycles. The van der Waals surface area contributed by atoms with Gasteiger partial charge in [-0.25, -0.2) is 15.0 Å². The van der Waals surface area contributed by atoms with E-state index >= 15 is 0 Å². The van der Waals surface area contributed by atoms with Gasteiger partial charge in [0.15, 0.2) is 5.82 Å². The molecule has 2 atom stereocenters. The number of rotatable bonds is 6. The fraction of sp³-hybridized carbons (Fsp3) is 0.231. The van der Waals surface area contributed by atoms with Gasteiger partial charge in [0.05, 0.1) is 24.8 Å². The van der Waals surface area contributed by atoms with E-state index in [1.807, 2.05) is 44.2 Å². The van der Waals surface area contributed by atoms with Crippen molar-refractivity contribution in [2.45, 2.75) is 32.4 Å². The van der Waals surface area contributed by atoms with Gasteiger partial charge in [0.2, 0.25) is 0 Å². The molecule has 2 heterocycles. The van der Waals surface area contributed by atoms with Gasteiger partial charge in [-0.3, -0.25) is 14.4 Å². The Bertz CT molecular complexity index is 1480. The van der Waals surface area contributed by atoms with Crippen LogP contribution in [0, 0.1) is 13.8 Å². The van der Waals surface area contributed by atoms with Crippen LogP contribution in [0.25, 0.3) is 5.52 Å². The number of amides is 2. The van der Waals surface area contributed by atoms with Crippen LogP contribution in [0.5, 0.6) is 0 Å². The number of hydrogen-bond acceptors (Lipinski definition) is 7. The molecule has 0 bridgehead atoms. The number of aryl methyl sites for hydroxylation is 2. The normalized spacial score (nSPS) is 16.6. The minimum Gasteiger partial charge on any atom is -0.390 e. The first-order valence-electron chi connectivity index (χ1n) is 11.5. The van der Waals surface area contributed by atoms with Crippen molar-refractivity contribution in [3.8, 4) is 0 Å². The molecule has 4 N–H and O–H groups in total. The Kier molecular flexibility index (Phi) is 6.13. The predicted octanol–water partition coefficient (Wildman–Crippen LogP) is 2.77. The summed E-state index contributed by atoms with van der Waals surface area (Å²) in [5, 5.41) is 21.1. The zero-order chi connectivity index (χ0) is 25.4. The highest BCUT2D eigenvalue weighted by molar-refractivity contribution is 5.99. The lowest BCUT2D eigenvalue weighted by Crippen LogP contribution is -2.34. The van der Waals surface area contributed by atoms with Crippen LogP contribution in [0.3, 0.4) is 0 Å². The SMILES string of the molecule is CONC(=O)c1ccc(C)c(Nc2ncnn3cc(C(=O)N[C@H]4c5ccccc5C[C@H]4O)c(C)c23)c1. The molecular weight excluding hydrogens is 460 g/mol. The minimum atomic E-state index is -0.689. The molecule has 1 aliphatic carbocycles. The Balaban J connectivity index is 1.45. The molecule has 2 aromatic carbocycles. The van der Waals surface area contributed by atoms with Gasteiger partial charge in [-0.2, -0.15) is 5.10 Å². The number of carbonyl (C=O) groups is 2. The number of nitrogens with one attached hydrogen (secondary N) is 3. The smallest absolute Gasteiger partial charge is 0.274 e. The topological polar surface area (TPSA) is 130 Å². The molecule has 0 unspecified atom stereocenters. The molecule has 10 nitrogen and oxygen atoms in total. The van der Waals surface area contributed by atoms with E-state index in [4.69, 9.17) is 4.84 Å². The van der Waals surface area contributed by atoms with Gasteiger partial charge in [0.25, 0.3) is 11.8 Å². The third-order valence-corrected chi connectivity index (χ3v) is 6.51. The summed E-state index contributed by atoms with van der Waals surface area (Å²) >= 11 is 0. The molecular formula is C26H26N6O4. The number of fused-ring (bicyclic) bond motifs is 2. The minimum absolute atomic E-state index is 0.306. The number of hydrogen-bond donors (Lipinski definition) is 4. The van der Waals surface area contributed by atoms with Gasteiger partial charge < -0.3 is 15.7 Å². The Labute approximate surface area is 207 Å². The second-order valence-electron chi connectivity index (χ2n) is 8.78. The third-order valence-electron chi connectivity index (χ3n) is 6.51. The number of aliphatic hydroxyl groups excluding tert-OH is 1. The highest BCUT2D eigenvalue weighted by atomic mass is 16.6. The first-order valence-corrected chi connectivity index (χ1v) is 11.5. The van der Waals surface area contributed by atoms with E-state index in [-0.39, 0.29) is 11.8 Å². The molecule has 0 fully saturated rings. The summed E-state index contributed by atoms with van der Waals surface area (Å²) in [6.07, 6.45) is 2.85. The molecule has 36 heavy (non-hydrogen) atoms. The largest absolute Gasteiger partial charge is 0.390 e. The van der Waals surface area contributed by atoms with Crippen molar-refractivity contribution < 1.29 is 19.5 Å². The molecule has 0 spiro atoms. The molecule has 2 aromatic heterocycles. The van der Waals surface area contributed by atoms with Crippen LogP contribution in [0.1, 0.15) is 49.0 Å². The van der Waals surface area contributed by atoms with Crippen LogP contribution in [0.2, 0.25) is 0 Å². The van der Waals surface area contributed by atoms with Crippen molar-refractivity contribution in [3.63, 3.8) is 0 Å². The lowest BCUT2D eigenvalue weighted by molar-refractivity contribution is 0.0537.